The van der Waals surface area contributed by atoms with Crippen molar-refractivity contribution in [3.8, 4) is 0 Å². The number of nitrogens with one attached hydrogen (secondary N) is 1. The molecule has 3 N–H and O–H groups in total. The fourth-order valence-corrected chi connectivity index (χ4v) is 1.72. The van der Waals surface area contributed by atoms with Gasteiger partial charge in [-0.1, -0.05) is 0 Å². The second-order valence-electron chi connectivity index (χ2n) is 2.75. The lowest BCUT2D eigenvalue weighted by molar-refractivity contribution is 0.592. The van der Waals surface area contributed by atoms with Gasteiger partial charge in [0.2, 0.25) is 10.0 Å². The van der Waals surface area contributed by atoms with Gasteiger partial charge in [0, 0.05) is 29.4 Å². The maximum Gasteiger partial charge on any atom is 0.210 e. The zero-order chi connectivity index (χ0) is 10.3. The SMILES string of the molecule is CS(=O)CCCNCCS(N)(=O)=O. The van der Waals surface area contributed by atoms with Crippen LogP contribution in [-0.4, -0.2) is 43.5 Å². The summed E-state index contributed by atoms with van der Waals surface area (Å²) in [4.78, 5) is 0. The molecule has 0 rings (SSSR count). The highest BCUT2D eigenvalue weighted by Crippen LogP contribution is 1.81. The summed E-state index contributed by atoms with van der Waals surface area (Å²) in [5, 5.41) is 7.69. The van der Waals surface area contributed by atoms with E-state index in [1.54, 1.807) is 6.26 Å². The Labute approximate surface area is 81.6 Å². The number of sulfonamides is 1. The summed E-state index contributed by atoms with van der Waals surface area (Å²) in [6, 6.07) is 0. The van der Waals surface area contributed by atoms with E-state index in [4.69, 9.17) is 5.14 Å². The molecular formula is C6H16N2O3S2. The summed E-state index contributed by atoms with van der Waals surface area (Å²) in [6.45, 7) is 1.03. The quantitative estimate of drug-likeness (QED) is 0.526. The van der Waals surface area contributed by atoms with Gasteiger partial charge in [-0.05, 0) is 13.0 Å². The van der Waals surface area contributed by atoms with Gasteiger partial charge in [-0.2, -0.15) is 0 Å². The van der Waals surface area contributed by atoms with Crippen molar-refractivity contribution >= 4 is 20.8 Å². The predicted octanol–water partition coefficient (Wildman–Crippen LogP) is -1.37. The average Bonchev–Trinajstić information content (AvgIpc) is 1.93. The van der Waals surface area contributed by atoms with Crippen molar-refractivity contribution in [3.63, 3.8) is 0 Å². The maximum atomic E-state index is 10.6. The summed E-state index contributed by atoms with van der Waals surface area (Å²) in [7, 11) is -4.12. The first-order valence-electron chi connectivity index (χ1n) is 3.93. The van der Waals surface area contributed by atoms with Crippen molar-refractivity contribution in [1.29, 1.82) is 0 Å². The van der Waals surface area contributed by atoms with E-state index >= 15 is 0 Å². The summed E-state index contributed by atoms with van der Waals surface area (Å²) >= 11 is 0. The molecule has 0 saturated carbocycles. The number of hydrogen-bond donors (Lipinski definition) is 2. The smallest absolute Gasteiger partial charge is 0.210 e. The lowest BCUT2D eigenvalue weighted by Crippen LogP contribution is -2.28. The van der Waals surface area contributed by atoms with E-state index in [0.717, 1.165) is 6.42 Å². The van der Waals surface area contributed by atoms with E-state index in [0.29, 0.717) is 18.8 Å². The van der Waals surface area contributed by atoms with Crippen LogP contribution in [0.1, 0.15) is 6.42 Å². The Morgan fingerprint density at radius 3 is 2.46 bits per heavy atom. The molecule has 0 aromatic rings. The van der Waals surface area contributed by atoms with Crippen molar-refractivity contribution in [2.75, 3.05) is 30.9 Å². The van der Waals surface area contributed by atoms with E-state index in [1.165, 1.54) is 0 Å². The van der Waals surface area contributed by atoms with Crippen LogP contribution in [0.15, 0.2) is 0 Å². The fraction of sp³-hybridized carbons (Fsp3) is 1.00. The normalized spacial score (nSPS) is 14.3. The molecule has 0 amide bonds. The molecule has 0 spiro atoms. The van der Waals surface area contributed by atoms with Gasteiger partial charge in [-0.3, -0.25) is 4.21 Å². The van der Waals surface area contributed by atoms with Crippen LogP contribution in [0.2, 0.25) is 0 Å². The van der Waals surface area contributed by atoms with Gasteiger partial charge in [0.15, 0.2) is 0 Å². The molecule has 0 bridgehead atoms. The van der Waals surface area contributed by atoms with Crippen molar-refractivity contribution < 1.29 is 12.6 Å². The van der Waals surface area contributed by atoms with Crippen molar-refractivity contribution in [3.05, 3.63) is 0 Å². The molecule has 0 aromatic carbocycles. The third-order valence-corrected chi connectivity index (χ3v) is 2.99. The first-order chi connectivity index (χ1) is 5.92. The Bertz CT molecular complexity index is 251. The van der Waals surface area contributed by atoms with Crippen LogP contribution < -0.4 is 10.5 Å². The number of rotatable bonds is 7. The Morgan fingerprint density at radius 1 is 1.38 bits per heavy atom. The van der Waals surface area contributed by atoms with Crippen molar-refractivity contribution in [1.82, 2.24) is 5.32 Å². The van der Waals surface area contributed by atoms with Gasteiger partial charge in [0.05, 0.1) is 5.75 Å². The highest BCUT2D eigenvalue weighted by Gasteiger charge is 2.00. The van der Waals surface area contributed by atoms with Gasteiger partial charge in [0.25, 0.3) is 0 Å². The molecule has 0 fully saturated rings. The summed E-state index contributed by atoms with van der Waals surface area (Å²) in [5.41, 5.74) is 0. The Morgan fingerprint density at radius 2 is 2.00 bits per heavy atom. The van der Waals surface area contributed by atoms with Crippen LogP contribution >= 0.6 is 0 Å². The van der Waals surface area contributed by atoms with Crippen LogP contribution in [0.4, 0.5) is 0 Å². The molecule has 0 heterocycles. The van der Waals surface area contributed by atoms with Gasteiger partial charge in [-0.15, -0.1) is 0 Å². The molecule has 0 radical (unpaired) electrons. The minimum atomic E-state index is -3.35. The fourth-order valence-electron chi connectivity index (χ4n) is 0.740. The topological polar surface area (TPSA) is 89.3 Å². The maximum absolute atomic E-state index is 10.6. The van der Waals surface area contributed by atoms with E-state index in [9.17, 15) is 12.6 Å². The first-order valence-corrected chi connectivity index (χ1v) is 7.37. The van der Waals surface area contributed by atoms with Crippen LogP contribution in [0.3, 0.4) is 0 Å². The summed E-state index contributed by atoms with van der Waals surface area (Å²) in [5.74, 6) is 0.588. The monoisotopic (exact) mass is 228 g/mol. The third-order valence-electron chi connectivity index (χ3n) is 1.35. The van der Waals surface area contributed by atoms with Crippen LogP contribution in [0, 0.1) is 0 Å². The summed E-state index contributed by atoms with van der Waals surface area (Å²) < 4.78 is 31.5. The predicted molar refractivity (Wildman–Crippen MR) is 54.4 cm³/mol. The van der Waals surface area contributed by atoms with Crippen molar-refractivity contribution in [2.45, 2.75) is 6.42 Å². The molecule has 0 aliphatic carbocycles. The molecule has 80 valence electrons. The lowest BCUT2D eigenvalue weighted by atomic mass is 10.5. The molecule has 7 heteroatoms. The lowest BCUT2D eigenvalue weighted by Gasteiger charge is -2.01. The van der Waals surface area contributed by atoms with E-state index in [1.807, 2.05) is 0 Å². The Kier molecular flexibility index (Phi) is 6.48. The second-order valence-corrected chi connectivity index (χ2v) is 6.04. The molecule has 0 aliphatic heterocycles. The summed E-state index contributed by atoms with van der Waals surface area (Å²) in [6.07, 6.45) is 2.43. The molecular weight excluding hydrogens is 212 g/mol. The molecule has 5 nitrogen and oxygen atoms in total. The Hall–Kier alpha value is 0.0200. The highest BCUT2D eigenvalue weighted by atomic mass is 32.2. The second kappa shape index (κ2) is 6.47. The van der Waals surface area contributed by atoms with E-state index < -0.39 is 20.8 Å². The average molecular weight is 228 g/mol. The minimum absolute atomic E-state index is 0.0534. The molecule has 1 atom stereocenters. The third kappa shape index (κ3) is 12.0. The molecule has 1 unspecified atom stereocenters. The minimum Gasteiger partial charge on any atom is -0.316 e. The van der Waals surface area contributed by atoms with E-state index in [-0.39, 0.29) is 5.75 Å². The highest BCUT2D eigenvalue weighted by molar-refractivity contribution is 7.89. The molecule has 0 aliphatic rings. The Balaban J connectivity index is 3.23. The van der Waals surface area contributed by atoms with Crippen molar-refractivity contribution in [2.24, 2.45) is 5.14 Å². The van der Waals surface area contributed by atoms with Gasteiger partial charge < -0.3 is 5.32 Å². The number of nitrogens with two attached hydrogens (primary N) is 1. The zero-order valence-electron chi connectivity index (χ0n) is 7.65. The van der Waals surface area contributed by atoms with E-state index in [2.05, 4.69) is 5.32 Å². The first kappa shape index (κ1) is 13.0. The van der Waals surface area contributed by atoms with Gasteiger partial charge in [0.1, 0.15) is 0 Å². The van der Waals surface area contributed by atoms with Gasteiger partial charge in [-0.25, -0.2) is 13.6 Å². The molecule has 0 saturated heterocycles. The van der Waals surface area contributed by atoms with Gasteiger partial charge >= 0.3 is 0 Å². The zero-order valence-corrected chi connectivity index (χ0v) is 9.29. The van der Waals surface area contributed by atoms with Crippen LogP contribution in [0.5, 0.6) is 0 Å². The van der Waals surface area contributed by atoms with Crippen LogP contribution in [0.25, 0.3) is 0 Å². The molecule has 0 aromatic heterocycles. The number of primary sulfonamides is 1. The van der Waals surface area contributed by atoms with Crippen LogP contribution in [-0.2, 0) is 20.8 Å². The largest absolute Gasteiger partial charge is 0.316 e. The number of hydrogen-bond acceptors (Lipinski definition) is 4. The molecule has 13 heavy (non-hydrogen) atoms. The standard InChI is InChI=1S/C6H16N2O3S2/c1-12(9)5-2-3-8-4-6-13(7,10)11/h8H,2-6H2,1H3,(H2,7,10,11).